The van der Waals surface area contributed by atoms with Crippen LogP contribution in [0.3, 0.4) is 0 Å². The van der Waals surface area contributed by atoms with Crippen LogP contribution in [-0.2, 0) is 0 Å². The number of unbranched alkanes of at least 4 members (excludes halogenated alkanes) is 9. The summed E-state index contributed by atoms with van der Waals surface area (Å²) in [5.41, 5.74) is 0.943. The molecule has 2 nitrogen and oxygen atoms in total. The summed E-state index contributed by atoms with van der Waals surface area (Å²) in [5, 5.41) is 4.48. The van der Waals surface area contributed by atoms with Crippen LogP contribution in [0.1, 0.15) is 84.5 Å². The Morgan fingerprint density at radius 1 is 0.840 bits per heavy atom. The Bertz CT molecular complexity index is 501. The molecular formula is C21H34Cl2N2. The highest BCUT2D eigenvalue weighted by Crippen LogP contribution is 2.25. The van der Waals surface area contributed by atoms with Gasteiger partial charge in [0, 0.05) is 18.7 Å². The first-order valence-corrected chi connectivity index (χ1v) is 10.7. The van der Waals surface area contributed by atoms with Gasteiger partial charge in [-0.1, -0.05) is 94.8 Å². The molecule has 0 saturated carbocycles. The first-order valence-electron chi connectivity index (χ1n) is 9.92. The number of anilines is 1. The van der Waals surface area contributed by atoms with Gasteiger partial charge in [0.2, 0.25) is 0 Å². The molecule has 0 aliphatic rings. The van der Waals surface area contributed by atoms with Crippen LogP contribution in [0.5, 0.6) is 0 Å². The van der Waals surface area contributed by atoms with Gasteiger partial charge in [-0.25, -0.2) is 0 Å². The number of aliphatic imine (C=N–C) groups is 1. The minimum Gasteiger partial charge on any atom is -0.344 e. The van der Waals surface area contributed by atoms with Crippen LogP contribution < -0.4 is 5.32 Å². The van der Waals surface area contributed by atoms with Crippen LogP contribution in [0, 0.1) is 0 Å². The van der Waals surface area contributed by atoms with E-state index in [2.05, 4.69) is 24.2 Å². The molecule has 0 unspecified atom stereocenters. The lowest BCUT2D eigenvalue weighted by Crippen LogP contribution is -2.11. The second-order valence-electron chi connectivity index (χ2n) is 6.62. The van der Waals surface area contributed by atoms with E-state index < -0.39 is 0 Å². The third kappa shape index (κ3) is 10.8. The maximum Gasteiger partial charge on any atom is 0.100 e. The fourth-order valence-electron chi connectivity index (χ4n) is 2.79. The van der Waals surface area contributed by atoms with Crippen molar-refractivity contribution in [3.8, 4) is 0 Å². The predicted molar refractivity (Wildman–Crippen MR) is 115 cm³/mol. The van der Waals surface area contributed by atoms with Crippen molar-refractivity contribution >= 4 is 34.7 Å². The number of rotatable bonds is 13. The van der Waals surface area contributed by atoms with Crippen molar-refractivity contribution in [1.82, 2.24) is 0 Å². The van der Waals surface area contributed by atoms with Gasteiger partial charge in [0.05, 0.1) is 10.0 Å². The average molecular weight is 385 g/mol. The zero-order valence-corrected chi connectivity index (χ0v) is 17.4. The lowest BCUT2D eigenvalue weighted by molar-refractivity contribution is 0.558. The Hall–Kier alpha value is -0.730. The highest BCUT2D eigenvalue weighted by molar-refractivity contribution is 6.42. The monoisotopic (exact) mass is 384 g/mol. The molecule has 0 atom stereocenters. The van der Waals surface area contributed by atoms with Crippen LogP contribution in [0.25, 0.3) is 0 Å². The van der Waals surface area contributed by atoms with Crippen molar-refractivity contribution in [3.63, 3.8) is 0 Å². The summed E-state index contributed by atoms with van der Waals surface area (Å²) in [6.07, 6.45) is 14.4. The molecule has 25 heavy (non-hydrogen) atoms. The SMILES string of the molecule is CCCCCCCCCCCCN=C(CC)Nc1ccc(Cl)c(Cl)c1. The number of benzene rings is 1. The van der Waals surface area contributed by atoms with E-state index in [0.717, 1.165) is 24.5 Å². The topological polar surface area (TPSA) is 24.4 Å². The highest BCUT2D eigenvalue weighted by Gasteiger charge is 2.01. The summed E-state index contributed by atoms with van der Waals surface area (Å²) < 4.78 is 0. The predicted octanol–water partition coefficient (Wildman–Crippen LogP) is 8.13. The summed E-state index contributed by atoms with van der Waals surface area (Å²) in [7, 11) is 0. The molecule has 1 rings (SSSR count). The number of nitrogens with one attached hydrogen (secondary N) is 1. The van der Waals surface area contributed by atoms with Crippen LogP contribution in [0.15, 0.2) is 23.2 Å². The Labute approximate surface area is 164 Å². The van der Waals surface area contributed by atoms with Crippen molar-refractivity contribution in [3.05, 3.63) is 28.2 Å². The second kappa shape index (κ2) is 14.4. The van der Waals surface area contributed by atoms with E-state index in [4.69, 9.17) is 23.2 Å². The van der Waals surface area contributed by atoms with E-state index >= 15 is 0 Å². The van der Waals surface area contributed by atoms with Gasteiger partial charge in [0.1, 0.15) is 5.84 Å². The molecule has 1 aromatic rings. The molecule has 142 valence electrons. The number of hydrogen-bond donors (Lipinski definition) is 1. The molecule has 0 amide bonds. The van der Waals surface area contributed by atoms with Crippen molar-refractivity contribution in [2.24, 2.45) is 4.99 Å². The van der Waals surface area contributed by atoms with E-state index in [-0.39, 0.29) is 0 Å². The van der Waals surface area contributed by atoms with Crippen molar-refractivity contribution in [2.45, 2.75) is 84.5 Å². The van der Waals surface area contributed by atoms with E-state index in [1.54, 1.807) is 0 Å². The van der Waals surface area contributed by atoms with Gasteiger partial charge in [-0.05, 0) is 24.6 Å². The number of hydrogen-bond acceptors (Lipinski definition) is 1. The molecule has 0 fully saturated rings. The molecule has 0 saturated heterocycles. The Morgan fingerprint density at radius 3 is 2.00 bits per heavy atom. The summed E-state index contributed by atoms with van der Waals surface area (Å²) in [5.74, 6) is 1.01. The molecule has 0 radical (unpaired) electrons. The third-order valence-corrected chi connectivity index (χ3v) is 5.10. The maximum absolute atomic E-state index is 6.05. The molecule has 0 aromatic heterocycles. The minimum absolute atomic E-state index is 0.566. The van der Waals surface area contributed by atoms with Gasteiger partial charge in [-0.3, -0.25) is 4.99 Å². The van der Waals surface area contributed by atoms with Gasteiger partial charge in [0.15, 0.2) is 0 Å². The van der Waals surface area contributed by atoms with Crippen LogP contribution in [0.2, 0.25) is 10.0 Å². The molecule has 0 heterocycles. The largest absolute Gasteiger partial charge is 0.344 e. The van der Waals surface area contributed by atoms with Crippen LogP contribution in [0.4, 0.5) is 5.69 Å². The van der Waals surface area contributed by atoms with Gasteiger partial charge in [-0.15, -0.1) is 0 Å². The number of amidine groups is 1. The van der Waals surface area contributed by atoms with E-state index in [1.807, 2.05) is 18.2 Å². The molecule has 1 N–H and O–H groups in total. The zero-order valence-electron chi connectivity index (χ0n) is 15.9. The smallest absolute Gasteiger partial charge is 0.100 e. The van der Waals surface area contributed by atoms with Crippen molar-refractivity contribution < 1.29 is 0 Å². The molecule has 1 aromatic carbocycles. The molecule has 0 spiro atoms. The Morgan fingerprint density at radius 2 is 1.44 bits per heavy atom. The minimum atomic E-state index is 0.566. The molecule has 0 aliphatic heterocycles. The lowest BCUT2D eigenvalue weighted by atomic mass is 10.1. The third-order valence-electron chi connectivity index (χ3n) is 4.36. The summed E-state index contributed by atoms with van der Waals surface area (Å²) in [6.45, 7) is 5.28. The van der Waals surface area contributed by atoms with Gasteiger partial charge in [-0.2, -0.15) is 0 Å². The maximum atomic E-state index is 6.05. The van der Waals surface area contributed by atoms with Crippen LogP contribution >= 0.6 is 23.2 Å². The average Bonchev–Trinajstić information content (AvgIpc) is 2.61. The Balaban J connectivity index is 2.13. The summed E-state index contributed by atoms with van der Waals surface area (Å²) in [4.78, 5) is 4.69. The fourth-order valence-corrected chi connectivity index (χ4v) is 3.09. The fraction of sp³-hybridized carbons (Fsp3) is 0.667. The van der Waals surface area contributed by atoms with Gasteiger partial charge in [0.25, 0.3) is 0 Å². The molecular weight excluding hydrogens is 351 g/mol. The molecule has 0 bridgehead atoms. The van der Waals surface area contributed by atoms with Gasteiger partial charge < -0.3 is 5.32 Å². The summed E-state index contributed by atoms with van der Waals surface area (Å²) >= 11 is 12.0. The second-order valence-corrected chi connectivity index (χ2v) is 7.43. The number of halogens is 2. The highest BCUT2D eigenvalue weighted by atomic mass is 35.5. The lowest BCUT2D eigenvalue weighted by Gasteiger charge is -2.09. The first-order chi connectivity index (χ1) is 12.2. The normalized spacial score (nSPS) is 11.8. The standard InChI is InChI=1S/C21H34Cl2N2/c1-3-5-6-7-8-9-10-11-12-13-16-24-21(4-2)25-18-14-15-19(22)20(23)17-18/h14-15,17H,3-13,16H2,1-2H3,(H,24,25). The van der Waals surface area contributed by atoms with Crippen LogP contribution in [-0.4, -0.2) is 12.4 Å². The Kier molecular flexibility index (Phi) is 12.9. The summed E-state index contributed by atoms with van der Waals surface area (Å²) in [6, 6.07) is 5.58. The van der Waals surface area contributed by atoms with E-state index in [0.29, 0.717) is 10.0 Å². The molecule has 4 heteroatoms. The van der Waals surface area contributed by atoms with Gasteiger partial charge >= 0.3 is 0 Å². The van der Waals surface area contributed by atoms with Crippen molar-refractivity contribution in [2.75, 3.05) is 11.9 Å². The van der Waals surface area contributed by atoms with E-state index in [1.165, 1.54) is 64.2 Å². The first kappa shape index (κ1) is 22.3. The van der Waals surface area contributed by atoms with Crippen molar-refractivity contribution in [1.29, 1.82) is 0 Å². The molecule has 0 aliphatic carbocycles. The zero-order chi connectivity index (χ0) is 18.3. The van der Waals surface area contributed by atoms with E-state index in [9.17, 15) is 0 Å². The number of nitrogens with zero attached hydrogens (tertiary/aromatic N) is 1. The quantitative estimate of drug-likeness (QED) is 0.207.